The number of rotatable bonds is 6. The molecule has 0 fully saturated rings. The van der Waals surface area contributed by atoms with Crippen LogP contribution in [0, 0.1) is 5.82 Å². The van der Waals surface area contributed by atoms with Crippen LogP contribution < -0.4 is 10.6 Å². The molecule has 1 heterocycles. The summed E-state index contributed by atoms with van der Waals surface area (Å²) in [6, 6.07) is 22.4. The lowest BCUT2D eigenvalue weighted by Gasteiger charge is -2.27. The van der Waals surface area contributed by atoms with E-state index in [1.807, 2.05) is 36.4 Å². The summed E-state index contributed by atoms with van der Waals surface area (Å²) in [5, 5.41) is 6.03. The summed E-state index contributed by atoms with van der Waals surface area (Å²) in [6.45, 7) is 0. The van der Waals surface area contributed by atoms with Crippen molar-refractivity contribution in [1.29, 1.82) is 0 Å². The van der Waals surface area contributed by atoms with E-state index in [0.717, 1.165) is 28.2 Å². The molecular weight excluding hydrogens is 411 g/mol. The molecule has 4 nitrogen and oxygen atoms in total. The lowest BCUT2D eigenvalue weighted by Crippen LogP contribution is -2.36. The van der Waals surface area contributed by atoms with E-state index in [9.17, 15) is 14.0 Å². The zero-order valence-corrected chi connectivity index (χ0v) is 17.7. The molecule has 31 heavy (non-hydrogen) atoms. The lowest BCUT2D eigenvalue weighted by molar-refractivity contribution is -0.122. The molecule has 0 aromatic heterocycles. The zero-order chi connectivity index (χ0) is 21.6. The lowest BCUT2D eigenvalue weighted by atomic mass is 10.0. The Morgan fingerprint density at radius 3 is 2.45 bits per heavy atom. The highest BCUT2D eigenvalue weighted by Crippen LogP contribution is 2.36. The quantitative estimate of drug-likeness (QED) is 0.571. The number of nitrogens with one attached hydrogen (secondary N) is 2. The van der Waals surface area contributed by atoms with Gasteiger partial charge in [-0.25, -0.2) is 4.39 Å². The minimum atomic E-state index is -0.473. The third kappa shape index (κ3) is 5.33. The van der Waals surface area contributed by atoms with Crippen LogP contribution in [0.3, 0.4) is 0 Å². The molecule has 3 aromatic carbocycles. The minimum absolute atomic E-state index is 0.0941. The standard InChI is InChI=1S/C25H23FN2O2S/c26-19-11-12-23-20(15-19)21(13-14-31-23)27-24(29)16-22(17-7-3-1-4-8-17)28-25(30)18-9-5-2-6-10-18/h1-12,15,21-22H,13-14,16H2,(H,27,29)(H,28,30). The Balaban J connectivity index is 1.49. The Bertz CT molecular complexity index is 1060. The third-order valence-corrected chi connectivity index (χ3v) is 6.40. The van der Waals surface area contributed by atoms with E-state index in [4.69, 9.17) is 0 Å². The molecule has 0 aliphatic carbocycles. The van der Waals surface area contributed by atoms with Gasteiger partial charge in [-0.2, -0.15) is 0 Å². The van der Waals surface area contributed by atoms with Gasteiger partial charge in [0.05, 0.1) is 18.5 Å². The maximum absolute atomic E-state index is 13.8. The van der Waals surface area contributed by atoms with Crippen LogP contribution in [0.25, 0.3) is 0 Å². The van der Waals surface area contributed by atoms with Crippen molar-refractivity contribution in [2.75, 3.05) is 5.75 Å². The van der Waals surface area contributed by atoms with E-state index in [-0.39, 0.29) is 30.1 Å². The highest BCUT2D eigenvalue weighted by molar-refractivity contribution is 7.99. The minimum Gasteiger partial charge on any atom is -0.349 e. The van der Waals surface area contributed by atoms with Crippen LogP contribution in [0.15, 0.2) is 83.8 Å². The molecule has 2 unspecified atom stereocenters. The molecule has 0 bridgehead atoms. The average Bonchev–Trinajstić information content (AvgIpc) is 2.80. The second-order valence-electron chi connectivity index (χ2n) is 7.45. The van der Waals surface area contributed by atoms with Crippen LogP contribution in [0.2, 0.25) is 0 Å². The van der Waals surface area contributed by atoms with Gasteiger partial charge >= 0.3 is 0 Å². The van der Waals surface area contributed by atoms with Crippen LogP contribution >= 0.6 is 11.8 Å². The number of carbonyl (C=O) groups is 2. The molecule has 2 atom stereocenters. The average molecular weight is 435 g/mol. The molecule has 4 rings (SSSR count). The summed E-state index contributed by atoms with van der Waals surface area (Å²) in [6.07, 6.45) is 0.829. The van der Waals surface area contributed by atoms with Crippen LogP contribution in [0.1, 0.15) is 46.4 Å². The first-order chi connectivity index (χ1) is 15.1. The van der Waals surface area contributed by atoms with E-state index >= 15 is 0 Å². The molecule has 0 spiro atoms. The first-order valence-electron chi connectivity index (χ1n) is 10.2. The van der Waals surface area contributed by atoms with Crippen LogP contribution in [0.4, 0.5) is 4.39 Å². The van der Waals surface area contributed by atoms with Gasteiger partial charge in [-0.05, 0) is 47.9 Å². The number of fused-ring (bicyclic) bond motifs is 1. The van der Waals surface area contributed by atoms with Gasteiger partial charge in [-0.3, -0.25) is 9.59 Å². The normalized spacial score (nSPS) is 16.1. The van der Waals surface area contributed by atoms with Gasteiger partial charge in [-0.15, -0.1) is 11.8 Å². The summed E-state index contributed by atoms with van der Waals surface area (Å²) < 4.78 is 13.8. The Kier molecular flexibility index (Phi) is 6.67. The van der Waals surface area contributed by atoms with E-state index in [0.29, 0.717) is 5.56 Å². The van der Waals surface area contributed by atoms with Crippen molar-refractivity contribution in [2.45, 2.75) is 29.8 Å². The van der Waals surface area contributed by atoms with Gasteiger partial charge in [0.15, 0.2) is 0 Å². The maximum Gasteiger partial charge on any atom is 0.251 e. The number of benzene rings is 3. The molecule has 0 saturated carbocycles. The molecule has 1 aliphatic heterocycles. The Morgan fingerprint density at radius 1 is 1.00 bits per heavy atom. The van der Waals surface area contributed by atoms with Crippen molar-refractivity contribution in [2.24, 2.45) is 0 Å². The SMILES string of the molecule is O=C(CC(NC(=O)c1ccccc1)c1ccccc1)NC1CCSc2ccc(F)cc21. The molecule has 2 amide bonds. The smallest absolute Gasteiger partial charge is 0.251 e. The Hall–Kier alpha value is -3.12. The topological polar surface area (TPSA) is 58.2 Å². The van der Waals surface area contributed by atoms with Crippen molar-refractivity contribution >= 4 is 23.6 Å². The molecule has 3 aromatic rings. The number of hydrogen-bond acceptors (Lipinski definition) is 3. The fourth-order valence-corrected chi connectivity index (χ4v) is 4.83. The number of halogens is 1. The van der Waals surface area contributed by atoms with Gasteiger partial charge in [0.25, 0.3) is 5.91 Å². The number of amides is 2. The summed E-state index contributed by atoms with van der Waals surface area (Å²) in [7, 11) is 0. The van der Waals surface area contributed by atoms with Crippen LogP contribution in [0.5, 0.6) is 0 Å². The summed E-state index contributed by atoms with van der Waals surface area (Å²) in [4.78, 5) is 26.7. The van der Waals surface area contributed by atoms with E-state index in [1.54, 1.807) is 42.1 Å². The largest absolute Gasteiger partial charge is 0.349 e. The van der Waals surface area contributed by atoms with Crippen molar-refractivity contribution in [3.05, 3.63) is 101 Å². The van der Waals surface area contributed by atoms with Crippen molar-refractivity contribution < 1.29 is 14.0 Å². The maximum atomic E-state index is 13.8. The third-order valence-electron chi connectivity index (χ3n) is 5.28. The summed E-state index contributed by atoms with van der Waals surface area (Å²) >= 11 is 1.67. The molecular formula is C25H23FN2O2S. The molecule has 1 aliphatic rings. The highest BCUT2D eigenvalue weighted by atomic mass is 32.2. The summed E-state index contributed by atoms with van der Waals surface area (Å²) in [5.74, 6) is 0.132. The van der Waals surface area contributed by atoms with Crippen molar-refractivity contribution in [3.63, 3.8) is 0 Å². The van der Waals surface area contributed by atoms with Gasteiger partial charge in [0.2, 0.25) is 5.91 Å². The molecule has 2 N–H and O–H groups in total. The van der Waals surface area contributed by atoms with Gasteiger partial charge in [0, 0.05) is 16.2 Å². The van der Waals surface area contributed by atoms with E-state index in [2.05, 4.69) is 10.6 Å². The second-order valence-corrected chi connectivity index (χ2v) is 8.58. The fraction of sp³-hybridized carbons (Fsp3) is 0.200. The molecule has 0 radical (unpaired) electrons. The van der Waals surface area contributed by atoms with Crippen molar-refractivity contribution in [3.8, 4) is 0 Å². The monoisotopic (exact) mass is 434 g/mol. The second kappa shape index (κ2) is 9.79. The van der Waals surface area contributed by atoms with Crippen LogP contribution in [-0.2, 0) is 4.79 Å². The highest BCUT2D eigenvalue weighted by Gasteiger charge is 2.25. The Morgan fingerprint density at radius 2 is 1.71 bits per heavy atom. The predicted molar refractivity (Wildman–Crippen MR) is 120 cm³/mol. The molecule has 0 saturated heterocycles. The van der Waals surface area contributed by atoms with Gasteiger partial charge in [0.1, 0.15) is 5.82 Å². The first kappa shape index (κ1) is 21.1. The number of hydrogen-bond donors (Lipinski definition) is 2. The number of carbonyl (C=O) groups excluding carboxylic acids is 2. The van der Waals surface area contributed by atoms with E-state index < -0.39 is 6.04 Å². The predicted octanol–water partition coefficient (Wildman–Crippen LogP) is 5.04. The summed E-state index contributed by atoms with van der Waals surface area (Å²) in [5.41, 5.74) is 2.21. The first-order valence-corrected chi connectivity index (χ1v) is 11.2. The fourth-order valence-electron chi connectivity index (χ4n) is 3.72. The Labute approximate surface area is 185 Å². The van der Waals surface area contributed by atoms with Gasteiger partial charge in [-0.1, -0.05) is 48.5 Å². The van der Waals surface area contributed by atoms with E-state index in [1.165, 1.54) is 12.1 Å². The zero-order valence-electron chi connectivity index (χ0n) is 16.9. The molecule has 6 heteroatoms. The molecule has 158 valence electrons. The number of thioether (sulfide) groups is 1. The van der Waals surface area contributed by atoms with Gasteiger partial charge < -0.3 is 10.6 Å². The van der Waals surface area contributed by atoms with Crippen molar-refractivity contribution in [1.82, 2.24) is 10.6 Å². The van der Waals surface area contributed by atoms with Crippen LogP contribution in [-0.4, -0.2) is 17.6 Å².